The molecule has 0 aliphatic rings. The van der Waals surface area contributed by atoms with E-state index in [9.17, 15) is 13.2 Å². The first kappa shape index (κ1) is 14.3. The molecule has 0 unspecified atom stereocenters. The van der Waals surface area contributed by atoms with Crippen LogP contribution >= 0.6 is 0 Å². The van der Waals surface area contributed by atoms with Crippen molar-refractivity contribution in [1.29, 1.82) is 0 Å². The summed E-state index contributed by atoms with van der Waals surface area (Å²) in [5.41, 5.74) is -0.540. The summed E-state index contributed by atoms with van der Waals surface area (Å²) in [4.78, 5) is 3.84. The molecule has 22 heavy (non-hydrogen) atoms. The van der Waals surface area contributed by atoms with Crippen LogP contribution in [0.5, 0.6) is 0 Å². The summed E-state index contributed by atoms with van der Waals surface area (Å²) < 4.78 is 39.8. The number of halogens is 3. The Kier molecular flexibility index (Phi) is 3.67. The van der Waals surface area contributed by atoms with Gasteiger partial charge in [-0.1, -0.05) is 60.7 Å². The van der Waals surface area contributed by atoms with Crippen molar-refractivity contribution in [2.24, 2.45) is 4.99 Å². The Labute approximate surface area is 125 Å². The fourth-order valence-electron chi connectivity index (χ4n) is 2.26. The van der Waals surface area contributed by atoms with Crippen molar-refractivity contribution >= 4 is 22.2 Å². The average molecular weight is 299 g/mol. The molecule has 0 aliphatic heterocycles. The van der Waals surface area contributed by atoms with Gasteiger partial charge in [0.1, 0.15) is 0 Å². The van der Waals surface area contributed by atoms with E-state index in [1.165, 1.54) is 12.1 Å². The molecule has 0 radical (unpaired) electrons. The smallest absolute Gasteiger partial charge is 0.243 e. The lowest BCUT2D eigenvalue weighted by Crippen LogP contribution is -2.23. The number of aliphatic imine (C=N–C) groups is 1. The third-order valence-electron chi connectivity index (χ3n) is 3.29. The first-order valence-corrected chi connectivity index (χ1v) is 6.74. The normalized spacial score (nSPS) is 12.6. The minimum atomic E-state index is -4.51. The molecule has 1 nitrogen and oxygen atoms in total. The van der Waals surface area contributed by atoms with E-state index < -0.39 is 11.9 Å². The van der Waals surface area contributed by atoms with E-state index >= 15 is 0 Å². The largest absolute Gasteiger partial charge is 0.433 e. The molecule has 0 fully saturated rings. The lowest BCUT2D eigenvalue weighted by atomic mass is 10.1. The Morgan fingerprint density at radius 1 is 0.727 bits per heavy atom. The number of rotatable bonds is 2. The molecule has 0 aromatic heterocycles. The van der Waals surface area contributed by atoms with Gasteiger partial charge in [-0.05, 0) is 22.9 Å². The predicted molar refractivity (Wildman–Crippen MR) is 82.6 cm³/mol. The average Bonchev–Trinajstić information content (AvgIpc) is 2.52. The fourth-order valence-corrected chi connectivity index (χ4v) is 2.26. The number of hydrogen-bond donors (Lipinski definition) is 0. The minimum absolute atomic E-state index is 0.0585. The van der Waals surface area contributed by atoms with E-state index in [0.717, 1.165) is 10.8 Å². The van der Waals surface area contributed by atoms with Gasteiger partial charge in [-0.15, -0.1) is 0 Å². The Bertz CT molecular complexity index is 820. The van der Waals surface area contributed by atoms with Crippen LogP contribution in [0.25, 0.3) is 10.8 Å². The molecule has 110 valence electrons. The van der Waals surface area contributed by atoms with E-state index in [4.69, 9.17) is 0 Å². The highest BCUT2D eigenvalue weighted by Gasteiger charge is 2.36. The van der Waals surface area contributed by atoms with Crippen LogP contribution in [-0.2, 0) is 0 Å². The third kappa shape index (κ3) is 3.01. The zero-order valence-electron chi connectivity index (χ0n) is 11.5. The van der Waals surface area contributed by atoms with Crippen molar-refractivity contribution < 1.29 is 13.2 Å². The maximum atomic E-state index is 13.3. The molecular formula is C18H12F3N. The van der Waals surface area contributed by atoms with E-state index in [0.29, 0.717) is 0 Å². The Hall–Kier alpha value is -2.62. The van der Waals surface area contributed by atoms with Gasteiger partial charge in [-0.25, -0.2) is 4.99 Å². The van der Waals surface area contributed by atoms with Crippen LogP contribution in [0.15, 0.2) is 77.8 Å². The molecule has 3 rings (SSSR count). The summed E-state index contributed by atoms with van der Waals surface area (Å²) in [5, 5.41) is 1.83. The molecule has 0 heterocycles. The lowest BCUT2D eigenvalue weighted by Gasteiger charge is -2.11. The zero-order chi connectivity index (χ0) is 15.6. The van der Waals surface area contributed by atoms with Crippen LogP contribution in [0.4, 0.5) is 18.9 Å². The Balaban J connectivity index is 2.12. The maximum absolute atomic E-state index is 13.3. The molecule has 0 amide bonds. The minimum Gasteiger partial charge on any atom is -0.243 e. The Morgan fingerprint density at radius 3 is 2.05 bits per heavy atom. The van der Waals surface area contributed by atoms with Gasteiger partial charge in [0.05, 0.1) is 5.69 Å². The van der Waals surface area contributed by atoms with Crippen molar-refractivity contribution in [3.8, 4) is 0 Å². The summed E-state index contributed by atoms with van der Waals surface area (Å²) in [6.07, 6.45) is -4.51. The van der Waals surface area contributed by atoms with Crippen LogP contribution in [-0.4, -0.2) is 11.9 Å². The highest BCUT2D eigenvalue weighted by molar-refractivity contribution is 6.06. The molecule has 3 aromatic rings. The topological polar surface area (TPSA) is 12.4 Å². The Morgan fingerprint density at radius 2 is 1.36 bits per heavy atom. The fraction of sp³-hybridized carbons (Fsp3) is 0.0556. The van der Waals surface area contributed by atoms with Crippen molar-refractivity contribution in [2.75, 3.05) is 0 Å². The highest BCUT2D eigenvalue weighted by Crippen LogP contribution is 2.27. The number of benzene rings is 3. The van der Waals surface area contributed by atoms with Gasteiger partial charge >= 0.3 is 6.18 Å². The molecule has 0 atom stereocenters. The van der Waals surface area contributed by atoms with Gasteiger partial charge in [-0.2, -0.15) is 13.2 Å². The molecule has 0 spiro atoms. The highest BCUT2D eigenvalue weighted by atomic mass is 19.4. The summed E-state index contributed by atoms with van der Waals surface area (Å²) in [6, 6.07) is 20.1. The predicted octanol–water partition coefficient (Wildman–Crippen LogP) is 5.52. The van der Waals surface area contributed by atoms with Crippen molar-refractivity contribution in [2.45, 2.75) is 6.18 Å². The van der Waals surface area contributed by atoms with Crippen molar-refractivity contribution in [1.82, 2.24) is 0 Å². The number of hydrogen-bond acceptors (Lipinski definition) is 1. The quantitative estimate of drug-likeness (QED) is 0.552. The van der Waals surface area contributed by atoms with Crippen LogP contribution < -0.4 is 0 Å². The number of alkyl halides is 3. The van der Waals surface area contributed by atoms with E-state index in [1.54, 1.807) is 36.4 Å². The molecular weight excluding hydrogens is 287 g/mol. The molecule has 0 N–H and O–H groups in total. The first-order chi connectivity index (χ1) is 10.5. The van der Waals surface area contributed by atoms with Crippen LogP contribution in [0.3, 0.4) is 0 Å². The van der Waals surface area contributed by atoms with Crippen molar-refractivity contribution in [3.63, 3.8) is 0 Å². The maximum Gasteiger partial charge on any atom is 0.433 e. The second-order valence-electron chi connectivity index (χ2n) is 4.86. The molecule has 0 saturated heterocycles. The summed E-state index contributed by atoms with van der Waals surface area (Å²) in [5.74, 6) is 0. The lowest BCUT2D eigenvalue weighted by molar-refractivity contribution is -0.0579. The van der Waals surface area contributed by atoms with Gasteiger partial charge in [0.2, 0.25) is 0 Å². The van der Waals surface area contributed by atoms with Gasteiger partial charge in [0.15, 0.2) is 5.71 Å². The van der Waals surface area contributed by atoms with Crippen LogP contribution in [0.2, 0.25) is 0 Å². The van der Waals surface area contributed by atoms with Crippen molar-refractivity contribution in [3.05, 3.63) is 78.4 Å². The van der Waals surface area contributed by atoms with E-state index in [2.05, 4.69) is 4.99 Å². The number of nitrogens with zero attached hydrogens (tertiary/aromatic N) is 1. The standard InChI is InChI=1S/C18H12F3N/c19-18(20,21)17(14-7-2-1-3-8-14)22-16-11-10-13-6-4-5-9-15(13)12-16/h1-12H. The third-order valence-corrected chi connectivity index (χ3v) is 3.29. The summed E-state index contributed by atoms with van der Waals surface area (Å²) in [7, 11) is 0. The number of fused-ring (bicyclic) bond motifs is 1. The first-order valence-electron chi connectivity index (χ1n) is 6.74. The summed E-state index contributed by atoms with van der Waals surface area (Å²) in [6.45, 7) is 0. The van der Waals surface area contributed by atoms with Gasteiger partial charge in [-0.3, -0.25) is 0 Å². The molecule has 3 aromatic carbocycles. The second-order valence-corrected chi connectivity index (χ2v) is 4.86. The van der Waals surface area contributed by atoms with Crippen LogP contribution in [0, 0.1) is 0 Å². The zero-order valence-corrected chi connectivity index (χ0v) is 11.5. The molecule has 0 saturated carbocycles. The summed E-state index contributed by atoms with van der Waals surface area (Å²) >= 11 is 0. The second kappa shape index (κ2) is 5.64. The SMILES string of the molecule is FC(F)(F)C(=Nc1ccc2ccccc2c1)c1ccccc1. The molecule has 4 heteroatoms. The van der Waals surface area contributed by atoms with Gasteiger partial charge < -0.3 is 0 Å². The van der Waals surface area contributed by atoms with E-state index in [-0.39, 0.29) is 11.3 Å². The van der Waals surface area contributed by atoms with Crippen LogP contribution in [0.1, 0.15) is 5.56 Å². The van der Waals surface area contributed by atoms with Gasteiger partial charge in [0, 0.05) is 5.56 Å². The molecule has 0 bridgehead atoms. The monoisotopic (exact) mass is 299 g/mol. The van der Waals surface area contributed by atoms with E-state index in [1.807, 2.05) is 24.3 Å². The molecule has 0 aliphatic carbocycles. The van der Waals surface area contributed by atoms with Gasteiger partial charge in [0.25, 0.3) is 0 Å².